The van der Waals surface area contributed by atoms with Crippen LogP contribution in [0.5, 0.6) is 0 Å². The van der Waals surface area contributed by atoms with Crippen LogP contribution in [0.15, 0.2) is 35.7 Å². The van der Waals surface area contributed by atoms with Gasteiger partial charge in [-0.05, 0) is 47.6 Å². The number of unbranched alkanes of at least 4 members (excludes halogenated alkanes) is 1. The maximum Gasteiger partial charge on any atom is 0.315 e. The van der Waals surface area contributed by atoms with Gasteiger partial charge in [0, 0.05) is 38.8 Å². The number of Topliss-reactive ketones (excluding diaryl/α,β-unsaturated/α-hetero) is 1. The zero-order valence-electron chi connectivity index (χ0n) is 33.3. The highest BCUT2D eigenvalue weighted by Gasteiger charge is 2.48. The lowest BCUT2D eigenvalue weighted by Crippen LogP contribution is -2.62. The van der Waals surface area contributed by atoms with Gasteiger partial charge < -0.3 is 26.2 Å². The average Bonchev–Trinajstić information content (AvgIpc) is 3.52. The molecule has 13 nitrogen and oxygen atoms in total. The van der Waals surface area contributed by atoms with E-state index in [-0.39, 0.29) is 37.9 Å². The van der Waals surface area contributed by atoms with E-state index in [1.54, 1.807) is 41.5 Å². The number of carbonyl (C=O) groups is 5. The Morgan fingerprint density at radius 3 is 2.17 bits per heavy atom. The number of nitrogens with zero attached hydrogens (tertiary/aromatic N) is 2. The highest BCUT2D eigenvalue weighted by atomic mass is 32.2. The van der Waals surface area contributed by atoms with E-state index in [1.807, 2.05) is 20.8 Å². The maximum absolute atomic E-state index is 14.5. The SMILES string of the molecule is C=CCNC(=O)C(=O)C(CCCC)NC(=O)[C@@H]1C(C(C)C)CCN1C(=O)[C@@H](NC(=O)N[C@H](CN(C)S(=O)(=O)c1ccc(F)cc1F)C(C)(C)C)C(C)(C)C. The van der Waals surface area contributed by atoms with Crippen LogP contribution in [0.3, 0.4) is 0 Å². The van der Waals surface area contributed by atoms with Crippen molar-refractivity contribution in [1.29, 1.82) is 0 Å². The van der Waals surface area contributed by atoms with Gasteiger partial charge >= 0.3 is 6.03 Å². The van der Waals surface area contributed by atoms with Crippen molar-refractivity contribution in [3.63, 3.8) is 0 Å². The first-order valence-corrected chi connectivity index (χ1v) is 19.8. The molecule has 0 spiro atoms. The molecule has 1 aliphatic heterocycles. The average molecular weight is 783 g/mol. The second-order valence-corrected chi connectivity index (χ2v) is 18.4. The summed E-state index contributed by atoms with van der Waals surface area (Å²) in [6.07, 6.45) is 3.43. The minimum absolute atomic E-state index is 0.0345. The molecule has 1 aromatic rings. The lowest BCUT2D eigenvalue weighted by Gasteiger charge is -2.38. The number of carbonyl (C=O) groups excluding carboxylic acids is 5. The minimum atomic E-state index is -4.43. The fourth-order valence-corrected chi connectivity index (χ4v) is 7.56. The van der Waals surface area contributed by atoms with E-state index in [1.165, 1.54) is 18.0 Å². The van der Waals surface area contributed by atoms with E-state index in [9.17, 15) is 41.2 Å². The van der Waals surface area contributed by atoms with Crippen LogP contribution in [-0.4, -0.2) is 98.0 Å². The Morgan fingerprint density at radius 1 is 1.02 bits per heavy atom. The van der Waals surface area contributed by atoms with Crippen molar-refractivity contribution in [3.05, 3.63) is 42.5 Å². The first-order valence-electron chi connectivity index (χ1n) is 18.4. The molecule has 5 amide bonds. The molecule has 0 radical (unpaired) electrons. The summed E-state index contributed by atoms with van der Waals surface area (Å²) in [4.78, 5) is 68.6. The van der Waals surface area contributed by atoms with Crippen molar-refractivity contribution in [2.24, 2.45) is 22.7 Å². The van der Waals surface area contributed by atoms with Crippen molar-refractivity contribution >= 4 is 39.6 Å². The quantitative estimate of drug-likeness (QED) is 0.136. The maximum atomic E-state index is 14.5. The van der Waals surface area contributed by atoms with Gasteiger partial charge in [-0.15, -0.1) is 6.58 Å². The molecular weight excluding hydrogens is 723 g/mol. The number of benzene rings is 1. The molecule has 16 heteroatoms. The molecular formula is C38H60F2N6O7S. The van der Waals surface area contributed by atoms with Gasteiger partial charge in [-0.3, -0.25) is 19.2 Å². The molecule has 0 aliphatic carbocycles. The minimum Gasteiger partial charge on any atom is -0.346 e. The van der Waals surface area contributed by atoms with Gasteiger partial charge in [0.05, 0.1) is 6.04 Å². The molecule has 1 heterocycles. The van der Waals surface area contributed by atoms with Crippen molar-refractivity contribution in [1.82, 2.24) is 30.5 Å². The molecule has 1 aromatic carbocycles. The first kappa shape index (κ1) is 46.2. The van der Waals surface area contributed by atoms with Crippen molar-refractivity contribution in [3.8, 4) is 0 Å². The largest absolute Gasteiger partial charge is 0.346 e. The third-order valence-electron chi connectivity index (χ3n) is 9.72. The third-order valence-corrected chi connectivity index (χ3v) is 11.6. The van der Waals surface area contributed by atoms with E-state index < -0.39 is 91.1 Å². The fourth-order valence-electron chi connectivity index (χ4n) is 6.33. The number of ketones is 1. The van der Waals surface area contributed by atoms with Crippen molar-refractivity contribution < 1.29 is 41.2 Å². The number of sulfonamides is 1. The van der Waals surface area contributed by atoms with Gasteiger partial charge in [0.1, 0.15) is 28.6 Å². The Morgan fingerprint density at radius 2 is 1.65 bits per heavy atom. The molecule has 0 bridgehead atoms. The predicted molar refractivity (Wildman–Crippen MR) is 202 cm³/mol. The Balaban J connectivity index is 2.37. The molecule has 304 valence electrons. The number of halogens is 2. The first-order chi connectivity index (χ1) is 24.9. The summed E-state index contributed by atoms with van der Waals surface area (Å²) in [6, 6.07) is -2.74. The standard InChI is InChI=1S/C38H60F2N6O7S/c1-12-14-15-27(31(47)34(49)41-19-13-2)42-33(48)30-25(23(3)4)18-20-46(30)35(50)32(38(8,9)10)44-36(51)43-29(37(5,6)7)22-45(11)54(52,53)28-17-16-24(39)21-26(28)40/h13,16-17,21,23,25,27,29-30,32H,2,12,14-15,18-20,22H2,1,3-11H3,(H,41,49)(H,42,48)(H2,43,44,51)/t25?,27?,29-,30+,32-/m1/s1. The second-order valence-electron chi connectivity index (χ2n) is 16.4. The Hall–Kier alpha value is -3.92. The molecule has 1 fully saturated rings. The molecule has 2 unspecified atom stereocenters. The molecule has 5 atom stereocenters. The second kappa shape index (κ2) is 19.1. The lowest BCUT2D eigenvalue weighted by molar-refractivity contribution is -0.144. The monoisotopic (exact) mass is 782 g/mol. The zero-order chi connectivity index (χ0) is 41.3. The fraction of sp³-hybridized carbons (Fsp3) is 0.658. The highest BCUT2D eigenvalue weighted by Crippen LogP contribution is 2.34. The van der Waals surface area contributed by atoms with Crippen molar-refractivity contribution in [2.45, 2.75) is 117 Å². The highest BCUT2D eigenvalue weighted by molar-refractivity contribution is 7.89. The van der Waals surface area contributed by atoms with E-state index in [4.69, 9.17) is 0 Å². The normalized spacial score (nSPS) is 18.1. The van der Waals surface area contributed by atoms with Crippen LogP contribution in [0.1, 0.15) is 88.0 Å². The number of nitrogens with one attached hydrogen (secondary N) is 4. The van der Waals surface area contributed by atoms with Crippen molar-refractivity contribution in [2.75, 3.05) is 26.7 Å². The van der Waals surface area contributed by atoms with Crippen LogP contribution >= 0.6 is 0 Å². The Bertz CT molecular complexity index is 1640. The molecule has 1 aliphatic rings. The zero-order valence-corrected chi connectivity index (χ0v) is 34.2. The van der Waals surface area contributed by atoms with Crippen LogP contribution in [0.2, 0.25) is 0 Å². The van der Waals surface area contributed by atoms with Gasteiger partial charge in [-0.2, -0.15) is 4.31 Å². The summed E-state index contributed by atoms with van der Waals surface area (Å²) >= 11 is 0. The Labute approximate surface area is 319 Å². The van der Waals surface area contributed by atoms with E-state index in [0.717, 1.165) is 16.4 Å². The van der Waals surface area contributed by atoms with Gasteiger partial charge in [0.2, 0.25) is 27.6 Å². The molecule has 0 saturated carbocycles. The van der Waals surface area contributed by atoms with E-state index in [2.05, 4.69) is 27.8 Å². The lowest BCUT2D eigenvalue weighted by atomic mass is 9.84. The number of likely N-dealkylation sites (tertiary alicyclic amines) is 1. The summed E-state index contributed by atoms with van der Waals surface area (Å²) < 4.78 is 55.4. The van der Waals surface area contributed by atoms with Gasteiger partial charge in [0.25, 0.3) is 5.91 Å². The summed E-state index contributed by atoms with van der Waals surface area (Å²) in [5.74, 6) is -5.25. The third kappa shape index (κ3) is 12.0. The smallest absolute Gasteiger partial charge is 0.315 e. The van der Waals surface area contributed by atoms with Crippen LogP contribution in [0, 0.1) is 34.3 Å². The van der Waals surface area contributed by atoms with Crippen LogP contribution < -0.4 is 21.3 Å². The van der Waals surface area contributed by atoms with Crippen LogP contribution in [-0.2, 0) is 29.2 Å². The van der Waals surface area contributed by atoms with Crippen LogP contribution in [0.25, 0.3) is 0 Å². The number of rotatable bonds is 17. The summed E-state index contributed by atoms with van der Waals surface area (Å²) in [5, 5.41) is 10.8. The summed E-state index contributed by atoms with van der Waals surface area (Å²) in [6.45, 7) is 19.9. The van der Waals surface area contributed by atoms with Gasteiger partial charge in [-0.1, -0.05) is 81.2 Å². The Kier molecular flexibility index (Phi) is 16.4. The molecule has 1 saturated heterocycles. The summed E-state index contributed by atoms with van der Waals surface area (Å²) in [5.41, 5.74) is -1.60. The van der Waals surface area contributed by atoms with Gasteiger partial charge in [-0.25, -0.2) is 22.0 Å². The summed E-state index contributed by atoms with van der Waals surface area (Å²) in [7, 11) is -3.21. The number of urea groups is 1. The number of likely N-dealkylation sites (N-methyl/N-ethyl adjacent to an activating group) is 1. The van der Waals surface area contributed by atoms with Crippen LogP contribution in [0.4, 0.5) is 13.6 Å². The molecule has 2 rings (SSSR count). The molecule has 4 N–H and O–H groups in total. The molecule has 54 heavy (non-hydrogen) atoms. The topological polar surface area (TPSA) is 174 Å². The van der Waals surface area contributed by atoms with Gasteiger partial charge in [0.15, 0.2) is 0 Å². The van der Waals surface area contributed by atoms with E-state index >= 15 is 0 Å². The predicted octanol–water partition coefficient (Wildman–Crippen LogP) is 4.13. The molecule has 0 aromatic heterocycles. The number of hydrogen-bond donors (Lipinski definition) is 4. The number of amides is 5. The van der Waals surface area contributed by atoms with E-state index in [0.29, 0.717) is 25.3 Å². The number of hydrogen-bond acceptors (Lipinski definition) is 7.